The molecule has 0 heterocycles. The fourth-order valence-corrected chi connectivity index (χ4v) is 6.16. The van der Waals surface area contributed by atoms with Crippen LogP contribution < -0.4 is 9.47 Å². The zero-order chi connectivity index (χ0) is 28.9. The number of hydrogen-bond donors (Lipinski definition) is 1. The largest absolute Gasteiger partial charge is 0.496 e. The van der Waals surface area contributed by atoms with Crippen molar-refractivity contribution in [1.29, 1.82) is 0 Å². The molecule has 5 nitrogen and oxygen atoms in total. The van der Waals surface area contributed by atoms with E-state index in [0.717, 1.165) is 22.6 Å². The average molecular weight is 588 g/mol. The molecule has 2 atom stereocenters. The number of benzene rings is 4. The molecule has 2 unspecified atom stereocenters. The van der Waals surface area contributed by atoms with Crippen LogP contribution in [0.4, 0.5) is 13.2 Å². The molecule has 0 amide bonds. The lowest BCUT2D eigenvalue weighted by molar-refractivity contribution is 0.0715. The van der Waals surface area contributed by atoms with Crippen LogP contribution >= 0.6 is 18.0 Å². The van der Waals surface area contributed by atoms with Crippen LogP contribution in [-0.4, -0.2) is 28.8 Å². The molecular weight excluding hydrogens is 558 g/mol. The summed E-state index contributed by atoms with van der Waals surface area (Å²) in [6, 6.07) is 27.4. The van der Waals surface area contributed by atoms with E-state index in [0.29, 0.717) is 36.0 Å². The van der Waals surface area contributed by atoms with Crippen LogP contribution in [0, 0.1) is 5.82 Å². The standard InChI is InChI=1S/C30H29F3NO4PS/c1-37-28-15-9-10-16-29(28)40(3)34(20-22-17-18-25(26(31)19-22)30(32,33)39(2,35)36)21-23-11-7-8-14-27(23)38-24-12-5-4-6-13-24/h4-19H,3,20-21H2,1-2H3,(H,35,36). The van der Waals surface area contributed by atoms with Crippen LogP contribution in [-0.2, 0) is 23.3 Å². The van der Waals surface area contributed by atoms with E-state index in [9.17, 15) is 22.6 Å². The number of halogens is 3. The van der Waals surface area contributed by atoms with E-state index in [2.05, 4.69) is 5.87 Å². The van der Waals surface area contributed by atoms with Gasteiger partial charge in [0.25, 0.3) is 7.37 Å². The summed E-state index contributed by atoms with van der Waals surface area (Å²) >= 11 is 0. The SMILES string of the molecule is C=S(c1ccccc1OC)N(Cc1ccc(C(F)(F)P(C)(=O)O)c(F)c1)Cc1ccccc1Oc1ccccc1. The van der Waals surface area contributed by atoms with Crippen LogP contribution in [0.3, 0.4) is 0 Å². The van der Waals surface area contributed by atoms with Crippen LogP contribution in [0.1, 0.15) is 16.7 Å². The smallest absolute Gasteiger partial charge is 0.348 e. The Bertz CT molecular complexity index is 1550. The van der Waals surface area contributed by atoms with Gasteiger partial charge in [-0.3, -0.25) is 4.57 Å². The first-order valence-corrected chi connectivity index (χ1v) is 15.7. The summed E-state index contributed by atoms with van der Waals surface area (Å²) in [5.74, 6) is 5.04. The molecule has 0 saturated carbocycles. The van der Waals surface area contributed by atoms with Gasteiger partial charge in [-0.2, -0.15) is 8.78 Å². The number of para-hydroxylation sites is 3. The summed E-state index contributed by atoms with van der Waals surface area (Å²) in [4.78, 5) is 10.3. The lowest BCUT2D eigenvalue weighted by Crippen LogP contribution is -2.19. The van der Waals surface area contributed by atoms with Crippen molar-refractivity contribution < 1.29 is 32.1 Å². The zero-order valence-electron chi connectivity index (χ0n) is 22.0. The van der Waals surface area contributed by atoms with Crippen molar-refractivity contribution in [1.82, 2.24) is 4.31 Å². The number of rotatable bonds is 11. The summed E-state index contributed by atoms with van der Waals surface area (Å²) in [7, 11) is -4.20. The van der Waals surface area contributed by atoms with E-state index in [1.165, 1.54) is 6.07 Å². The highest BCUT2D eigenvalue weighted by Crippen LogP contribution is 2.60. The molecule has 0 spiro atoms. The van der Waals surface area contributed by atoms with E-state index in [1.54, 1.807) is 7.11 Å². The highest BCUT2D eigenvalue weighted by atomic mass is 32.2. The molecule has 4 aromatic carbocycles. The summed E-state index contributed by atoms with van der Waals surface area (Å²) < 4.78 is 69.2. The molecule has 0 aliphatic rings. The van der Waals surface area contributed by atoms with Gasteiger partial charge in [-0.15, -0.1) is 0 Å². The van der Waals surface area contributed by atoms with E-state index in [4.69, 9.17) is 9.47 Å². The van der Waals surface area contributed by atoms with Crippen LogP contribution in [0.15, 0.2) is 102 Å². The number of alkyl halides is 2. The molecular formula is C30H29F3NO4PS. The molecule has 0 radical (unpaired) electrons. The minimum atomic E-state index is -4.93. The second-order valence-electron chi connectivity index (χ2n) is 9.07. The number of ether oxygens (including phenoxy) is 2. The molecule has 0 aliphatic heterocycles. The number of nitrogens with zero attached hydrogens (tertiary/aromatic N) is 1. The summed E-state index contributed by atoms with van der Waals surface area (Å²) in [6.07, 6.45) is 0. The average Bonchev–Trinajstić information content (AvgIpc) is 2.93. The van der Waals surface area contributed by atoms with Crippen LogP contribution in [0.5, 0.6) is 17.2 Å². The molecule has 0 bridgehead atoms. The maximum atomic E-state index is 14.9. The number of methoxy groups -OCH3 is 1. The van der Waals surface area contributed by atoms with Crippen molar-refractivity contribution in [3.63, 3.8) is 0 Å². The van der Waals surface area contributed by atoms with E-state index in [-0.39, 0.29) is 6.54 Å². The Morgan fingerprint density at radius 3 is 2.20 bits per heavy atom. The quantitative estimate of drug-likeness (QED) is 0.141. The molecule has 10 heteroatoms. The first-order valence-electron chi connectivity index (χ1n) is 12.2. The first kappa shape index (κ1) is 29.6. The molecule has 1 N–H and O–H groups in total. The first-order chi connectivity index (χ1) is 19.0. The van der Waals surface area contributed by atoms with Crippen molar-refractivity contribution in [3.8, 4) is 17.2 Å². The minimum Gasteiger partial charge on any atom is -0.496 e. The minimum absolute atomic E-state index is 0.135. The molecule has 0 fully saturated rings. The summed E-state index contributed by atoms with van der Waals surface area (Å²) in [5, 5.41) is 0. The van der Waals surface area contributed by atoms with Gasteiger partial charge in [0, 0.05) is 25.3 Å². The third kappa shape index (κ3) is 6.67. The third-order valence-corrected chi connectivity index (χ3v) is 9.17. The third-order valence-electron chi connectivity index (χ3n) is 6.16. The van der Waals surface area contributed by atoms with Gasteiger partial charge in [-0.25, -0.2) is 8.70 Å². The van der Waals surface area contributed by atoms with Crippen molar-refractivity contribution in [2.24, 2.45) is 0 Å². The highest BCUT2D eigenvalue weighted by molar-refractivity contribution is 8.12. The number of hydrogen-bond acceptors (Lipinski definition) is 4. The Morgan fingerprint density at radius 2 is 1.55 bits per heavy atom. The van der Waals surface area contributed by atoms with Crippen LogP contribution in [0.2, 0.25) is 0 Å². The Hall–Kier alpha value is -3.36. The van der Waals surface area contributed by atoms with Gasteiger partial charge in [0.1, 0.15) is 23.1 Å². The second-order valence-corrected chi connectivity index (χ2v) is 13.1. The Labute approximate surface area is 234 Å². The zero-order valence-corrected chi connectivity index (χ0v) is 23.7. The topological polar surface area (TPSA) is 59.0 Å². The predicted molar refractivity (Wildman–Crippen MR) is 154 cm³/mol. The van der Waals surface area contributed by atoms with Gasteiger partial charge in [-0.05, 0) is 48.0 Å². The van der Waals surface area contributed by atoms with Gasteiger partial charge >= 0.3 is 5.66 Å². The Morgan fingerprint density at radius 1 is 0.925 bits per heavy atom. The van der Waals surface area contributed by atoms with Gasteiger partial charge in [-0.1, -0.05) is 71.1 Å². The monoisotopic (exact) mass is 587 g/mol. The second kappa shape index (κ2) is 12.4. The molecule has 4 rings (SSSR count). The van der Waals surface area contributed by atoms with Gasteiger partial charge < -0.3 is 14.4 Å². The van der Waals surface area contributed by atoms with E-state index in [1.807, 2.05) is 83.2 Å². The highest BCUT2D eigenvalue weighted by Gasteiger charge is 2.49. The predicted octanol–water partition coefficient (Wildman–Crippen LogP) is 8.25. The van der Waals surface area contributed by atoms with Gasteiger partial charge in [0.15, 0.2) is 0 Å². The van der Waals surface area contributed by atoms with E-state index < -0.39 is 35.1 Å². The molecule has 0 aliphatic carbocycles. The molecule has 4 aromatic rings. The molecule has 0 aromatic heterocycles. The fraction of sp³-hybridized carbons (Fsp3) is 0.167. The Kier molecular flexibility index (Phi) is 9.21. The maximum absolute atomic E-state index is 14.9. The summed E-state index contributed by atoms with van der Waals surface area (Å²) in [5.41, 5.74) is -4.11. The van der Waals surface area contributed by atoms with Gasteiger partial charge in [0.05, 0.1) is 17.6 Å². The summed E-state index contributed by atoms with van der Waals surface area (Å²) in [6.45, 7) is 0.975. The van der Waals surface area contributed by atoms with Gasteiger partial charge in [0.2, 0.25) is 0 Å². The Balaban J connectivity index is 1.71. The lowest BCUT2D eigenvalue weighted by Gasteiger charge is -2.28. The normalized spacial score (nSPS) is 14.0. The van der Waals surface area contributed by atoms with Crippen molar-refractivity contribution in [3.05, 3.63) is 120 Å². The van der Waals surface area contributed by atoms with Crippen molar-refractivity contribution in [2.45, 2.75) is 23.6 Å². The molecule has 0 saturated heterocycles. The van der Waals surface area contributed by atoms with E-state index >= 15 is 0 Å². The van der Waals surface area contributed by atoms with Crippen molar-refractivity contribution >= 4 is 23.9 Å². The van der Waals surface area contributed by atoms with Crippen LogP contribution in [0.25, 0.3) is 0 Å². The molecule has 210 valence electrons. The maximum Gasteiger partial charge on any atom is 0.348 e. The molecule has 40 heavy (non-hydrogen) atoms. The fourth-order valence-electron chi connectivity index (χ4n) is 4.03. The van der Waals surface area contributed by atoms with Crippen molar-refractivity contribution in [2.75, 3.05) is 13.8 Å². The lowest BCUT2D eigenvalue weighted by atomic mass is 10.1.